The molecule has 5 nitrogen and oxygen atoms in total. The van der Waals surface area contributed by atoms with E-state index in [0.29, 0.717) is 24.4 Å². The van der Waals surface area contributed by atoms with Gasteiger partial charge in [-0.25, -0.2) is 8.42 Å². The number of hydrogen-bond donors (Lipinski definition) is 1. The normalized spacial score (nSPS) is 24.9. The predicted octanol–water partition coefficient (Wildman–Crippen LogP) is 2.85. The summed E-state index contributed by atoms with van der Waals surface area (Å²) in [5, 5.41) is 3.12. The lowest BCUT2D eigenvalue weighted by Crippen LogP contribution is -2.40. The maximum Gasteiger partial charge on any atom is 0.308 e. The summed E-state index contributed by atoms with van der Waals surface area (Å²) < 4.78 is 31.0. The van der Waals surface area contributed by atoms with Crippen molar-refractivity contribution in [3.8, 4) is 0 Å². The molecule has 2 rings (SSSR count). The van der Waals surface area contributed by atoms with Crippen LogP contribution >= 0.6 is 27.3 Å². The van der Waals surface area contributed by atoms with Crippen LogP contribution in [0.2, 0.25) is 0 Å². The minimum absolute atomic E-state index is 0.0192. The Hall–Kier alpha value is -0.440. The number of rotatable bonds is 3. The lowest BCUT2D eigenvalue weighted by Gasteiger charge is -2.31. The zero-order valence-corrected chi connectivity index (χ0v) is 16.7. The van der Waals surface area contributed by atoms with Crippen molar-refractivity contribution in [2.75, 3.05) is 18.8 Å². The summed E-state index contributed by atoms with van der Waals surface area (Å²) in [5.41, 5.74) is -0.638. The van der Waals surface area contributed by atoms with Crippen molar-refractivity contribution < 1.29 is 17.9 Å². The van der Waals surface area contributed by atoms with E-state index in [4.69, 9.17) is 4.74 Å². The van der Waals surface area contributed by atoms with E-state index in [1.807, 2.05) is 6.07 Å². The second-order valence-electron chi connectivity index (χ2n) is 6.68. The van der Waals surface area contributed by atoms with Gasteiger partial charge in [0, 0.05) is 11.4 Å². The first-order valence-corrected chi connectivity index (χ1v) is 10.7. The molecule has 1 N–H and O–H groups in total. The molecule has 1 fully saturated rings. The SMILES string of the molecule is CC(C)(C)OC(=O)CC1(c2ccc(Br)s2)CCNCCS1(=O)=O. The minimum atomic E-state index is -3.49. The first-order chi connectivity index (χ1) is 10.6. The molecule has 1 aromatic rings. The van der Waals surface area contributed by atoms with Gasteiger partial charge >= 0.3 is 5.97 Å². The molecule has 2 heterocycles. The molecule has 0 radical (unpaired) electrons. The number of hydrogen-bond acceptors (Lipinski definition) is 6. The van der Waals surface area contributed by atoms with Gasteiger partial charge in [0.05, 0.1) is 16.0 Å². The van der Waals surface area contributed by atoms with E-state index in [1.165, 1.54) is 11.3 Å². The second kappa shape index (κ2) is 6.82. The molecular weight excluding hydrogens is 402 g/mol. The fourth-order valence-electron chi connectivity index (χ4n) is 2.70. The van der Waals surface area contributed by atoms with Crippen molar-refractivity contribution in [1.29, 1.82) is 0 Å². The molecule has 0 bridgehead atoms. The van der Waals surface area contributed by atoms with Crippen LogP contribution < -0.4 is 5.32 Å². The van der Waals surface area contributed by atoms with Crippen molar-refractivity contribution in [3.63, 3.8) is 0 Å². The molecule has 0 aliphatic carbocycles. The van der Waals surface area contributed by atoms with Crippen molar-refractivity contribution >= 4 is 43.1 Å². The van der Waals surface area contributed by atoms with Crippen LogP contribution in [0.25, 0.3) is 0 Å². The third-order valence-corrected chi connectivity index (χ3v) is 8.18. The molecule has 0 saturated carbocycles. The smallest absolute Gasteiger partial charge is 0.308 e. The van der Waals surface area contributed by atoms with Gasteiger partial charge in [0.2, 0.25) is 0 Å². The monoisotopic (exact) mass is 423 g/mol. The highest BCUT2D eigenvalue weighted by atomic mass is 79.9. The van der Waals surface area contributed by atoms with Crippen LogP contribution in [-0.2, 0) is 24.1 Å². The zero-order chi connectivity index (χ0) is 17.3. The van der Waals surface area contributed by atoms with Gasteiger partial charge in [-0.15, -0.1) is 11.3 Å². The van der Waals surface area contributed by atoms with Crippen molar-refractivity contribution in [3.05, 3.63) is 20.8 Å². The third-order valence-electron chi connectivity index (χ3n) is 3.72. The van der Waals surface area contributed by atoms with Gasteiger partial charge < -0.3 is 10.1 Å². The van der Waals surface area contributed by atoms with E-state index in [9.17, 15) is 13.2 Å². The van der Waals surface area contributed by atoms with E-state index < -0.39 is 26.2 Å². The van der Waals surface area contributed by atoms with Gasteiger partial charge in [0.15, 0.2) is 9.84 Å². The number of ether oxygens (including phenoxy) is 1. The Bertz CT molecular complexity index is 678. The largest absolute Gasteiger partial charge is 0.460 e. The molecule has 0 aromatic carbocycles. The quantitative estimate of drug-likeness (QED) is 0.756. The number of nitrogens with one attached hydrogen (secondary N) is 1. The average molecular weight is 424 g/mol. The van der Waals surface area contributed by atoms with Crippen LogP contribution in [0.15, 0.2) is 15.9 Å². The highest BCUT2D eigenvalue weighted by Gasteiger charge is 2.49. The van der Waals surface area contributed by atoms with Gasteiger partial charge in [-0.1, -0.05) is 0 Å². The molecule has 8 heteroatoms. The summed E-state index contributed by atoms with van der Waals surface area (Å²) in [4.78, 5) is 13.1. The van der Waals surface area contributed by atoms with Crippen LogP contribution in [0.4, 0.5) is 0 Å². The topological polar surface area (TPSA) is 72.5 Å². The van der Waals surface area contributed by atoms with E-state index in [2.05, 4.69) is 21.2 Å². The van der Waals surface area contributed by atoms with E-state index in [-0.39, 0.29) is 12.2 Å². The Balaban J connectivity index is 2.45. The summed E-state index contributed by atoms with van der Waals surface area (Å²) in [5.74, 6) is -0.460. The number of esters is 1. The van der Waals surface area contributed by atoms with Gasteiger partial charge in [-0.05, 0) is 61.8 Å². The van der Waals surface area contributed by atoms with E-state index in [0.717, 1.165) is 3.79 Å². The molecule has 1 aliphatic heterocycles. The van der Waals surface area contributed by atoms with Crippen LogP contribution in [0.3, 0.4) is 0 Å². The maximum atomic E-state index is 13.0. The number of thiophene rings is 1. The molecule has 23 heavy (non-hydrogen) atoms. The van der Waals surface area contributed by atoms with E-state index >= 15 is 0 Å². The Morgan fingerprint density at radius 3 is 2.65 bits per heavy atom. The number of halogens is 1. The van der Waals surface area contributed by atoms with Gasteiger partial charge in [0.1, 0.15) is 10.3 Å². The van der Waals surface area contributed by atoms with Gasteiger partial charge in [0.25, 0.3) is 0 Å². The molecule has 1 unspecified atom stereocenters. The van der Waals surface area contributed by atoms with Gasteiger partial charge in [-0.2, -0.15) is 0 Å². The summed E-state index contributed by atoms with van der Waals surface area (Å²) in [6.45, 7) is 6.30. The van der Waals surface area contributed by atoms with Crippen LogP contribution in [0, 0.1) is 0 Å². The standard InChI is InChI=1S/C15H22BrNO4S2/c1-14(2,3)21-13(18)10-15(11-4-5-12(16)22-11)6-7-17-8-9-23(15,19)20/h4-5,17H,6-10H2,1-3H3. The summed E-state index contributed by atoms with van der Waals surface area (Å²) >= 11 is 4.75. The number of sulfone groups is 1. The summed E-state index contributed by atoms with van der Waals surface area (Å²) in [6.07, 6.45) is 0.211. The van der Waals surface area contributed by atoms with Gasteiger partial charge in [-0.3, -0.25) is 4.79 Å². The second-order valence-corrected chi connectivity index (χ2v) is 11.6. The highest BCUT2D eigenvalue weighted by molar-refractivity contribution is 9.11. The lowest BCUT2D eigenvalue weighted by atomic mass is 9.98. The Morgan fingerprint density at radius 1 is 1.39 bits per heavy atom. The predicted molar refractivity (Wildman–Crippen MR) is 95.4 cm³/mol. The molecule has 1 aromatic heterocycles. The first kappa shape index (κ1) is 18.9. The highest BCUT2D eigenvalue weighted by Crippen LogP contribution is 2.44. The summed E-state index contributed by atoms with van der Waals surface area (Å²) in [7, 11) is -3.49. The van der Waals surface area contributed by atoms with Crippen molar-refractivity contribution in [2.24, 2.45) is 0 Å². The van der Waals surface area contributed by atoms with Crippen molar-refractivity contribution in [1.82, 2.24) is 5.32 Å². The zero-order valence-electron chi connectivity index (χ0n) is 13.5. The Labute approximate surface area is 149 Å². The summed E-state index contributed by atoms with van der Waals surface area (Å²) in [6, 6.07) is 3.62. The molecule has 1 saturated heterocycles. The van der Waals surface area contributed by atoms with Crippen LogP contribution in [0.5, 0.6) is 0 Å². The average Bonchev–Trinajstić information content (AvgIpc) is 2.75. The van der Waals surface area contributed by atoms with E-state index in [1.54, 1.807) is 26.8 Å². The third kappa shape index (κ3) is 4.35. The van der Waals surface area contributed by atoms with Crippen LogP contribution in [0.1, 0.15) is 38.5 Å². The molecular formula is C15H22BrNO4S2. The molecule has 130 valence electrons. The fourth-order valence-corrected chi connectivity index (χ4v) is 6.64. The number of carbonyl (C=O) groups excluding carboxylic acids is 1. The lowest BCUT2D eigenvalue weighted by molar-refractivity contribution is -0.155. The van der Waals surface area contributed by atoms with Crippen LogP contribution in [-0.4, -0.2) is 38.8 Å². The molecule has 1 atom stereocenters. The maximum absolute atomic E-state index is 13.0. The number of carbonyl (C=O) groups is 1. The molecule has 1 aliphatic rings. The molecule has 0 amide bonds. The Morgan fingerprint density at radius 2 is 2.09 bits per heavy atom. The Kier molecular flexibility index (Phi) is 5.60. The van der Waals surface area contributed by atoms with Crippen molar-refractivity contribution in [2.45, 2.75) is 44.0 Å². The fraction of sp³-hybridized carbons (Fsp3) is 0.667. The minimum Gasteiger partial charge on any atom is -0.460 e. The first-order valence-electron chi connectivity index (χ1n) is 7.46. The molecule has 0 spiro atoms.